The topological polar surface area (TPSA) is 6.48 Å². The lowest BCUT2D eigenvalue weighted by atomic mass is 9.96. The van der Waals surface area contributed by atoms with Gasteiger partial charge in [-0.3, -0.25) is 0 Å². The first-order valence-corrected chi connectivity index (χ1v) is 16.4. The van der Waals surface area contributed by atoms with Crippen LogP contribution in [0.25, 0.3) is 33.0 Å². The van der Waals surface area contributed by atoms with Gasteiger partial charge in [0.25, 0.3) is 0 Å². The first kappa shape index (κ1) is 29.1. The van der Waals surface area contributed by atoms with Gasteiger partial charge >= 0.3 is 0 Å². The van der Waals surface area contributed by atoms with E-state index in [0.29, 0.717) is 0 Å². The summed E-state index contributed by atoms with van der Waals surface area (Å²) in [6.07, 6.45) is 0. The molecule has 0 fully saturated rings. The van der Waals surface area contributed by atoms with Gasteiger partial charge < -0.3 is 9.80 Å². The lowest BCUT2D eigenvalue weighted by molar-refractivity contribution is 1.28. The highest BCUT2D eigenvalue weighted by Gasteiger charge is 2.17. The van der Waals surface area contributed by atoms with Crippen molar-refractivity contribution >= 4 is 44.9 Å². The standard InChI is InChI=1S/C46H34N2/c1-5-15-35(16-6-1)36-25-29-43(30-26-36)48(41-22-11-4-12-23-41)44-33-38-17-13-14-24-45(38)46(34-44)37-27-31-42(32-28-37)47(39-18-7-2-8-19-39)40-20-9-3-10-21-40/h1-34H. The molecule has 0 amide bonds. The third kappa shape index (κ3) is 5.84. The molecule has 0 saturated heterocycles. The SMILES string of the molecule is c1ccc(-c2ccc(N(c3ccccc3)c3cc(-c4ccc(N(c5ccccc5)c5ccccc5)cc4)c4ccccc4c3)cc2)cc1. The fraction of sp³-hybridized carbons (Fsp3) is 0. The van der Waals surface area contributed by atoms with Crippen molar-refractivity contribution in [1.29, 1.82) is 0 Å². The third-order valence-electron chi connectivity index (χ3n) is 8.82. The van der Waals surface area contributed by atoms with E-state index < -0.39 is 0 Å². The molecule has 0 aromatic heterocycles. The number of hydrogen-bond acceptors (Lipinski definition) is 2. The maximum Gasteiger partial charge on any atom is 0.0474 e. The lowest BCUT2D eigenvalue weighted by Gasteiger charge is -2.27. The van der Waals surface area contributed by atoms with Crippen molar-refractivity contribution in [3.63, 3.8) is 0 Å². The number of benzene rings is 8. The van der Waals surface area contributed by atoms with E-state index in [0.717, 1.165) is 34.1 Å². The minimum atomic E-state index is 1.11. The Labute approximate surface area is 282 Å². The molecule has 0 spiro atoms. The number of para-hydroxylation sites is 3. The molecule has 0 aliphatic carbocycles. The smallest absolute Gasteiger partial charge is 0.0474 e. The highest BCUT2D eigenvalue weighted by atomic mass is 15.1. The second-order valence-corrected chi connectivity index (χ2v) is 11.9. The minimum absolute atomic E-state index is 1.11. The molecule has 228 valence electrons. The van der Waals surface area contributed by atoms with Crippen LogP contribution in [-0.2, 0) is 0 Å². The first-order valence-electron chi connectivity index (χ1n) is 16.4. The van der Waals surface area contributed by atoms with Crippen molar-refractivity contribution in [2.45, 2.75) is 0 Å². The van der Waals surface area contributed by atoms with E-state index in [9.17, 15) is 0 Å². The Bertz CT molecular complexity index is 2210. The van der Waals surface area contributed by atoms with E-state index in [1.165, 1.54) is 33.0 Å². The average Bonchev–Trinajstić information content (AvgIpc) is 3.17. The summed E-state index contributed by atoms with van der Waals surface area (Å²) < 4.78 is 0. The number of nitrogens with zero attached hydrogens (tertiary/aromatic N) is 2. The second-order valence-electron chi connectivity index (χ2n) is 11.9. The number of rotatable bonds is 8. The molecular weight excluding hydrogens is 581 g/mol. The van der Waals surface area contributed by atoms with Crippen LogP contribution in [0.4, 0.5) is 34.1 Å². The molecule has 0 aliphatic heterocycles. The molecule has 2 heteroatoms. The fourth-order valence-corrected chi connectivity index (χ4v) is 6.51. The molecule has 0 bridgehead atoms. The van der Waals surface area contributed by atoms with Gasteiger partial charge in [0.15, 0.2) is 0 Å². The Morgan fingerprint density at radius 1 is 0.250 bits per heavy atom. The van der Waals surface area contributed by atoms with Gasteiger partial charge in [-0.25, -0.2) is 0 Å². The van der Waals surface area contributed by atoms with E-state index >= 15 is 0 Å². The first-order chi connectivity index (χ1) is 23.8. The Kier molecular flexibility index (Phi) is 7.96. The van der Waals surface area contributed by atoms with E-state index in [2.05, 4.69) is 216 Å². The third-order valence-corrected chi connectivity index (χ3v) is 8.82. The second kappa shape index (κ2) is 13.2. The Morgan fingerprint density at radius 3 is 1.15 bits per heavy atom. The van der Waals surface area contributed by atoms with Crippen molar-refractivity contribution < 1.29 is 0 Å². The predicted octanol–water partition coefficient (Wildman–Crippen LogP) is 13.1. The zero-order valence-corrected chi connectivity index (χ0v) is 26.5. The molecule has 48 heavy (non-hydrogen) atoms. The van der Waals surface area contributed by atoms with Crippen molar-refractivity contribution in [3.05, 3.63) is 206 Å². The molecule has 0 radical (unpaired) electrons. The molecule has 0 unspecified atom stereocenters. The van der Waals surface area contributed by atoms with Crippen LogP contribution >= 0.6 is 0 Å². The highest BCUT2D eigenvalue weighted by molar-refractivity contribution is 6.01. The zero-order valence-electron chi connectivity index (χ0n) is 26.5. The summed E-state index contributed by atoms with van der Waals surface area (Å²) in [6, 6.07) is 73.4. The normalized spacial score (nSPS) is 10.9. The van der Waals surface area contributed by atoms with Gasteiger partial charge in [-0.15, -0.1) is 0 Å². The summed E-state index contributed by atoms with van der Waals surface area (Å²) in [5.74, 6) is 0. The van der Waals surface area contributed by atoms with Crippen LogP contribution < -0.4 is 9.80 Å². The summed E-state index contributed by atoms with van der Waals surface area (Å²) in [6.45, 7) is 0. The number of hydrogen-bond donors (Lipinski definition) is 0. The molecule has 0 N–H and O–H groups in total. The summed E-state index contributed by atoms with van der Waals surface area (Å²) in [5, 5.41) is 2.43. The van der Waals surface area contributed by atoms with E-state index in [1.807, 2.05) is 0 Å². The fourth-order valence-electron chi connectivity index (χ4n) is 6.51. The predicted molar refractivity (Wildman–Crippen MR) is 204 cm³/mol. The molecule has 0 aliphatic rings. The van der Waals surface area contributed by atoms with Gasteiger partial charge in [0, 0.05) is 34.1 Å². The van der Waals surface area contributed by atoms with Crippen molar-refractivity contribution in [2.75, 3.05) is 9.80 Å². The summed E-state index contributed by atoms with van der Waals surface area (Å²) >= 11 is 0. The highest BCUT2D eigenvalue weighted by Crippen LogP contribution is 2.42. The van der Waals surface area contributed by atoms with Crippen LogP contribution in [0.15, 0.2) is 206 Å². The van der Waals surface area contributed by atoms with Crippen molar-refractivity contribution in [1.82, 2.24) is 0 Å². The molecule has 8 aromatic carbocycles. The van der Waals surface area contributed by atoms with Gasteiger partial charge in [-0.1, -0.05) is 133 Å². The monoisotopic (exact) mass is 614 g/mol. The summed E-state index contributed by atoms with van der Waals surface area (Å²) in [4.78, 5) is 4.65. The van der Waals surface area contributed by atoms with Crippen LogP contribution in [0.2, 0.25) is 0 Å². The summed E-state index contributed by atoms with van der Waals surface area (Å²) in [7, 11) is 0. The van der Waals surface area contributed by atoms with E-state index in [1.54, 1.807) is 0 Å². The maximum absolute atomic E-state index is 2.35. The molecule has 0 atom stereocenters. The van der Waals surface area contributed by atoms with Crippen molar-refractivity contribution in [2.24, 2.45) is 0 Å². The number of anilines is 6. The van der Waals surface area contributed by atoms with Crippen LogP contribution in [0.1, 0.15) is 0 Å². The van der Waals surface area contributed by atoms with E-state index in [-0.39, 0.29) is 0 Å². The van der Waals surface area contributed by atoms with E-state index in [4.69, 9.17) is 0 Å². The minimum Gasteiger partial charge on any atom is -0.311 e. The van der Waals surface area contributed by atoms with Crippen LogP contribution in [0.5, 0.6) is 0 Å². The molecule has 0 heterocycles. The molecular formula is C46H34N2. The zero-order chi connectivity index (χ0) is 32.1. The van der Waals surface area contributed by atoms with Gasteiger partial charge in [0.1, 0.15) is 0 Å². The Hall–Kier alpha value is -6.38. The van der Waals surface area contributed by atoms with Crippen LogP contribution in [-0.4, -0.2) is 0 Å². The lowest BCUT2D eigenvalue weighted by Crippen LogP contribution is -2.10. The molecule has 0 saturated carbocycles. The largest absolute Gasteiger partial charge is 0.311 e. The molecule has 8 aromatic rings. The van der Waals surface area contributed by atoms with Crippen LogP contribution in [0.3, 0.4) is 0 Å². The van der Waals surface area contributed by atoms with Gasteiger partial charge in [-0.2, -0.15) is 0 Å². The maximum atomic E-state index is 2.35. The molecule has 2 nitrogen and oxygen atoms in total. The Morgan fingerprint density at radius 2 is 0.625 bits per heavy atom. The average molecular weight is 615 g/mol. The Balaban J connectivity index is 1.23. The van der Waals surface area contributed by atoms with Gasteiger partial charge in [0.2, 0.25) is 0 Å². The molecule has 8 rings (SSSR count). The van der Waals surface area contributed by atoms with Gasteiger partial charge in [-0.05, 0) is 106 Å². The van der Waals surface area contributed by atoms with Gasteiger partial charge in [0.05, 0.1) is 0 Å². The van der Waals surface area contributed by atoms with Crippen molar-refractivity contribution in [3.8, 4) is 22.3 Å². The quantitative estimate of drug-likeness (QED) is 0.168. The number of fused-ring (bicyclic) bond motifs is 1. The summed E-state index contributed by atoms with van der Waals surface area (Å²) in [5.41, 5.74) is 11.5. The van der Waals surface area contributed by atoms with Crippen LogP contribution in [0, 0.1) is 0 Å².